The highest BCUT2D eigenvalue weighted by Crippen LogP contribution is 2.20. The van der Waals surface area contributed by atoms with Crippen molar-refractivity contribution in [1.82, 2.24) is 20.2 Å². The van der Waals surface area contributed by atoms with Crippen molar-refractivity contribution in [1.29, 1.82) is 0 Å². The van der Waals surface area contributed by atoms with Gasteiger partial charge in [-0.2, -0.15) is 0 Å². The molecule has 0 bridgehead atoms. The summed E-state index contributed by atoms with van der Waals surface area (Å²) in [4.78, 5) is 8.46. The molecule has 32 heavy (non-hydrogen) atoms. The number of halogens is 1. The number of nitrogens with zero attached hydrogens (tertiary/aromatic N) is 3. The highest BCUT2D eigenvalue weighted by molar-refractivity contribution is 5.79. The van der Waals surface area contributed by atoms with Gasteiger partial charge in [0.15, 0.2) is 5.96 Å². The molecule has 3 N–H and O–H groups in total. The molecule has 0 amide bonds. The van der Waals surface area contributed by atoms with Crippen molar-refractivity contribution in [2.24, 2.45) is 4.99 Å². The minimum Gasteiger partial charge on any atom is -0.491 e. The molecule has 0 saturated carbocycles. The predicted molar refractivity (Wildman–Crippen MR) is 124 cm³/mol. The van der Waals surface area contributed by atoms with Gasteiger partial charge in [0.25, 0.3) is 0 Å². The monoisotopic (exact) mass is 439 g/mol. The summed E-state index contributed by atoms with van der Waals surface area (Å²) in [6.07, 6.45) is 4.18. The molecule has 1 heterocycles. The minimum absolute atomic E-state index is 0.0619. The molecule has 3 aromatic rings. The van der Waals surface area contributed by atoms with E-state index in [4.69, 9.17) is 4.74 Å². The van der Waals surface area contributed by atoms with E-state index >= 15 is 0 Å². The Kier molecular flexibility index (Phi) is 8.21. The number of rotatable bonds is 9. The van der Waals surface area contributed by atoms with E-state index < -0.39 is 6.10 Å². The van der Waals surface area contributed by atoms with Crippen LogP contribution < -0.4 is 15.4 Å². The van der Waals surface area contributed by atoms with Gasteiger partial charge in [0.2, 0.25) is 0 Å². The number of ether oxygens (including phenoxy) is 1. The maximum atomic E-state index is 14.5. The highest BCUT2D eigenvalue weighted by atomic mass is 19.1. The van der Waals surface area contributed by atoms with E-state index in [1.807, 2.05) is 51.1 Å². The summed E-state index contributed by atoms with van der Waals surface area (Å²) < 4.78 is 21.8. The molecule has 8 heteroatoms. The first kappa shape index (κ1) is 23.3. The molecular weight excluding hydrogens is 409 g/mol. The van der Waals surface area contributed by atoms with Crippen LogP contribution in [0.5, 0.6) is 5.75 Å². The van der Waals surface area contributed by atoms with Crippen molar-refractivity contribution in [3.05, 3.63) is 78.1 Å². The zero-order valence-corrected chi connectivity index (χ0v) is 18.6. The summed E-state index contributed by atoms with van der Waals surface area (Å²) in [5, 5.41) is 16.9. The Morgan fingerprint density at radius 3 is 2.75 bits per heavy atom. The standard InChI is InChI=1S/C24H30FN5O2/c1-4-27-24(29-15-23(31)19-6-5-7-20(13-19)32-17(2)3)28-14-18-8-9-22(21(25)12-18)30-11-10-26-16-30/h5-13,16-17,23,31H,4,14-15H2,1-3H3,(H2,27,28,29). The molecule has 0 radical (unpaired) electrons. The van der Waals surface area contributed by atoms with E-state index in [2.05, 4.69) is 20.6 Å². The SMILES string of the molecule is CCNC(=NCc1ccc(-n2ccnc2)c(F)c1)NCC(O)c1cccc(OC(C)C)c1. The number of benzene rings is 2. The van der Waals surface area contributed by atoms with E-state index in [0.29, 0.717) is 24.7 Å². The first-order chi connectivity index (χ1) is 15.5. The lowest BCUT2D eigenvalue weighted by molar-refractivity contribution is 0.179. The Balaban J connectivity index is 1.62. The fourth-order valence-electron chi connectivity index (χ4n) is 3.15. The summed E-state index contributed by atoms with van der Waals surface area (Å²) in [5.74, 6) is 0.922. The number of guanidine groups is 1. The van der Waals surface area contributed by atoms with Crippen molar-refractivity contribution < 1.29 is 14.2 Å². The summed E-state index contributed by atoms with van der Waals surface area (Å²) in [6, 6.07) is 12.4. The smallest absolute Gasteiger partial charge is 0.191 e. The summed E-state index contributed by atoms with van der Waals surface area (Å²) in [5.41, 5.74) is 1.93. The van der Waals surface area contributed by atoms with Gasteiger partial charge in [-0.3, -0.25) is 0 Å². The van der Waals surface area contributed by atoms with Gasteiger partial charge in [0.05, 0.1) is 30.8 Å². The third-order valence-electron chi connectivity index (χ3n) is 4.64. The van der Waals surface area contributed by atoms with Crippen LogP contribution in [0, 0.1) is 5.82 Å². The van der Waals surface area contributed by atoms with Crippen molar-refractivity contribution in [3.8, 4) is 11.4 Å². The lowest BCUT2D eigenvalue weighted by atomic mass is 10.1. The van der Waals surface area contributed by atoms with Gasteiger partial charge in [0, 0.05) is 25.5 Å². The maximum Gasteiger partial charge on any atom is 0.191 e. The van der Waals surface area contributed by atoms with E-state index in [-0.39, 0.29) is 18.5 Å². The van der Waals surface area contributed by atoms with Gasteiger partial charge in [-0.25, -0.2) is 14.4 Å². The van der Waals surface area contributed by atoms with Gasteiger partial charge in [-0.05, 0) is 56.2 Å². The largest absolute Gasteiger partial charge is 0.491 e. The first-order valence-electron chi connectivity index (χ1n) is 10.7. The molecule has 7 nitrogen and oxygen atoms in total. The van der Waals surface area contributed by atoms with E-state index in [0.717, 1.165) is 16.9 Å². The predicted octanol–water partition coefficient (Wildman–Crippen LogP) is 3.59. The van der Waals surface area contributed by atoms with Crippen LogP contribution in [-0.2, 0) is 6.54 Å². The minimum atomic E-state index is -0.735. The number of aliphatic imine (C=N–C) groups is 1. The molecule has 1 atom stereocenters. The molecule has 3 rings (SSSR count). The van der Waals surface area contributed by atoms with Crippen molar-refractivity contribution in [2.45, 2.75) is 39.5 Å². The molecule has 2 aromatic carbocycles. The molecule has 0 aliphatic rings. The quantitative estimate of drug-likeness (QED) is 0.351. The van der Waals surface area contributed by atoms with Crippen LogP contribution in [0.3, 0.4) is 0 Å². The van der Waals surface area contributed by atoms with Crippen LogP contribution in [-0.4, -0.2) is 39.8 Å². The van der Waals surface area contributed by atoms with Crippen LogP contribution >= 0.6 is 0 Å². The Hall–Kier alpha value is -3.39. The molecule has 1 aromatic heterocycles. The number of imidazole rings is 1. The van der Waals surface area contributed by atoms with Crippen molar-refractivity contribution in [3.63, 3.8) is 0 Å². The van der Waals surface area contributed by atoms with Crippen LogP contribution in [0.2, 0.25) is 0 Å². The Bertz CT molecular complexity index is 1020. The zero-order chi connectivity index (χ0) is 22.9. The Morgan fingerprint density at radius 1 is 1.22 bits per heavy atom. The average Bonchev–Trinajstić information content (AvgIpc) is 3.30. The molecular formula is C24H30FN5O2. The van der Waals surface area contributed by atoms with Gasteiger partial charge in [-0.15, -0.1) is 0 Å². The molecule has 0 spiro atoms. The number of aliphatic hydroxyl groups excluding tert-OH is 1. The normalized spacial score (nSPS) is 12.6. The fraction of sp³-hybridized carbons (Fsp3) is 0.333. The number of hydrogen-bond donors (Lipinski definition) is 3. The lowest BCUT2D eigenvalue weighted by Crippen LogP contribution is -2.39. The summed E-state index contributed by atoms with van der Waals surface area (Å²) >= 11 is 0. The van der Waals surface area contributed by atoms with Crippen LogP contribution in [0.15, 0.2) is 66.2 Å². The number of hydrogen-bond acceptors (Lipinski definition) is 4. The molecule has 1 unspecified atom stereocenters. The lowest BCUT2D eigenvalue weighted by Gasteiger charge is -2.17. The highest BCUT2D eigenvalue weighted by Gasteiger charge is 2.11. The zero-order valence-electron chi connectivity index (χ0n) is 18.6. The Morgan fingerprint density at radius 2 is 2.06 bits per heavy atom. The molecule has 0 aliphatic carbocycles. The van der Waals surface area contributed by atoms with Crippen LogP contribution in [0.1, 0.15) is 38.0 Å². The summed E-state index contributed by atoms with van der Waals surface area (Å²) in [7, 11) is 0. The first-order valence-corrected chi connectivity index (χ1v) is 10.7. The van der Waals surface area contributed by atoms with E-state index in [9.17, 15) is 9.50 Å². The van der Waals surface area contributed by atoms with Gasteiger partial charge < -0.3 is 25.0 Å². The van der Waals surface area contributed by atoms with Gasteiger partial charge in [0.1, 0.15) is 11.6 Å². The second-order valence-corrected chi connectivity index (χ2v) is 7.59. The molecule has 0 fully saturated rings. The van der Waals surface area contributed by atoms with Gasteiger partial charge >= 0.3 is 0 Å². The number of nitrogens with one attached hydrogen (secondary N) is 2. The number of aromatic nitrogens is 2. The second kappa shape index (κ2) is 11.3. The van der Waals surface area contributed by atoms with Crippen LogP contribution in [0.4, 0.5) is 4.39 Å². The van der Waals surface area contributed by atoms with Crippen molar-refractivity contribution >= 4 is 5.96 Å². The Labute approximate surface area is 188 Å². The molecule has 0 aliphatic heterocycles. The van der Waals surface area contributed by atoms with E-state index in [1.165, 1.54) is 6.07 Å². The fourth-order valence-corrected chi connectivity index (χ4v) is 3.15. The number of aliphatic hydroxyl groups is 1. The maximum absolute atomic E-state index is 14.5. The summed E-state index contributed by atoms with van der Waals surface area (Å²) in [6.45, 7) is 7.10. The second-order valence-electron chi connectivity index (χ2n) is 7.59. The van der Waals surface area contributed by atoms with Crippen molar-refractivity contribution in [2.75, 3.05) is 13.1 Å². The van der Waals surface area contributed by atoms with E-state index in [1.54, 1.807) is 29.4 Å². The van der Waals surface area contributed by atoms with Gasteiger partial charge in [-0.1, -0.05) is 18.2 Å². The van der Waals surface area contributed by atoms with Crippen LogP contribution in [0.25, 0.3) is 5.69 Å². The average molecular weight is 440 g/mol. The third-order valence-corrected chi connectivity index (χ3v) is 4.64. The molecule has 170 valence electrons. The molecule has 0 saturated heterocycles. The topological polar surface area (TPSA) is 83.7 Å². The third kappa shape index (κ3) is 6.55.